The first-order valence-electron chi connectivity index (χ1n) is 13.0. The van der Waals surface area contributed by atoms with Crippen molar-refractivity contribution < 1.29 is 19.0 Å². The molecule has 0 spiro atoms. The van der Waals surface area contributed by atoms with Crippen molar-refractivity contribution in [2.24, 2.45) is 0 Å². The van der Waals surface area contributed by atoms with E-state index in [1.54, 1.807) is 0 Å². The Kier molecular flexibility index (Phi) is 6.92. The Bertz CT molecular complexity index is 1270. The fourth-order valence-corrected chi connectivity index (χ4v) is 4.95. The zero-order valence-electron chi connectivity index (χ0n) is 21.7. The second-order valence-electron chi connectivity index (χ2n) is 9.91. The molecule has 10 heteroatoms. The van der Waals surface area contributed by atoms with Gasteiger partial charge in [-0.3, -0.25) is 0 Å². The van der Waals surface area contributed by atoms with Crippen molar-refractivity contribution >= 4 is 17.9 Å². The van der Waals surface area contributed by atoms with E-state index in [9.17, 15) is 4.79 Å². The molecule has 1 aromatic heterocycles. The summed E-state index contributed by atoms with van der Waals surface area (Å²) >= 11 is 0. The van der Waals surface area contributed by atoms with Gasteiger partial charge in [0.2, 0.25) is 11.9 Å². The highest BCUT2D eigenvalue weighted by Crippen LogP contribution is 2.35. The average Bonchev–Trinajstić information content (AvgIpc) is 3.27. The number of likely N-dealkylation sites (N-methyl/N-ethyl adjacent to an activating group) is 1. The van der Waals surface area contributed by atoms with Gasteiger partial charge in [-0.15, -0.1) is 0 Å². The molecule has 197 valence electrons. The van der Waals surface area contributed by atoms with E-state index in [2.05, 4.69) is 15.9 Å². The van der Waals surface area contributed by atoms with Crippen molar-refractivity contribution in [3.8, 4) is 22.5 Å². The van der Waals surface area contributed by atoms with Gasteiger partial charge in [-0.2, -0.15) is 15.0 Å². The first-order valence-corrected chi connectivity index (χ1v) is 13.0. The van der Waals surface area contributed by atoms with Crippen LogP contribution in [0.3, 0.4) is 0 Å². The number of ether oxygens (including phenoxy) is 3. The number of hydrogen-bond donors (Lipinski definition) is 0. The normalized spacial score (nSPS) is 19.6. The Hall–Kier alpha value is -3.60. The predicted molar refractivity (Wildman–Crippen MR) is 142 cm³/mol. The van der Waals surface area contributed by atoms with Crippen LogP contribution in [0.25, 0.3) is 22.5 Å². The molecule has 3 aromatic rings. The maximum absolute atomic E-state index is 12.3. The summed E-state index contributed by atoms with van der Waals surface area (Å²) in [5, 5.41) is 0. The molecule has 2 aromatic carbocycles. The Balaban J connectivity index is 1.30. The van der Waals surface area contributed by atoms with E-state index in [0.717, 1.165) is 48.4 Å². The second kappa shape index (κ2) is 10.6. The number of rotatable bonds is 6. The van der Waals surface area contributed by atoms with Crippen LogP contribution in [0.4, 0.5) is 11.9 Å². The third kappa shape index (κ3) is 5.07. The Labute approximate surface area is 222 Å². The van der Waals surface area contributed by atoms with Gasteiger partial charge in [-0.25, -0.2) is 4.79 Å². The molecule has 0 bridgehead atoms. The molecular weight excluding hydrogens is 484 g/mol. The summed E-state index contributed by atoms with van der Waals surface area (Å²) in [4.78, 5) is 33.0. The smallest absolute Gasteiger partial charge is 0.339 e. The molecule has 1 radical (unpaired) electrons. The van der Waals surface area contributed by atoms with Crippen LogP contribution < -0.4 is 9.80 Å². The van der Waals surface area contributed by atoms with Gasteiger partial charge in [0.25, 0.3) is 0 Å². The van der Waals surface area contributed by atoms with E-state index in [-0.39, 0.29) is 12.1 Å². The van der Waals surface area contributed by atoms with Crippen LogP contribution in [0.15, 0.2) is 36.4 Å². The van der Waals surface area contributed by atoms with Crippen LogP contribution >= 0.6 is 0 Å². The van der Waals surface area contributed by atoms with Gasteiger partial charge >= 0.3 is 5.97 Å². The molecule has 3 aliphatic heterocycles. The number of anilines is 2. The second-order valence-corrected chi connectivity index (χ2v) is 9.91. The molecule has 0 aliphatic carbocycles. The van der Waals surface area contributed by atoms with E-state index in [0.29, 0.717) is 56.3 Å². The number of nitrogens with zero attached hydrogens (tertiary/aromatic N) is 6. The summed E-state index contributed by atoms with van der Waals surface area (Å²) in [6.07, 6.45) is -0.266. The molecule has 3 aliphatic rings. The van der Waals surface area contributed by atoms with Crippen LogP contribution in [0.2, 0.25) is 0 Å². The summed E-state index contributed by atoms with van der Waals surface area (Å²) < 4.78 is 16.6. The zero-order valence-corrected chi connectivity index (χ0v) is 21.7. The monoisotopic (exact) mass is 515 g/mol. The summed E-state index contributed by atoms with van der Waals surface area (Å²) in [7, 11) is 3.94. The molecule has 10 nitrogen and oxygen atoms in total. The van der Waals surface area contributed by atoms with Gasteiger partial charge in [0.05, 0.1) is 32.0 Å². The van der Waals surface area contributed by atoms with Gasteiger partial charge in [-0.05, 0) is 55.6 Å². The highest BCUT2D eigenvalue weighted by Gasteiger charge is 2.31. The number of carbonyl (C=O) groups excluding carboxylic acids is 1. The Morgan fingerprint density at radius 3 is 2.11 bits per heavy atom. The molecule has 38 heavy (non-hydrogen) atoms. The number of benzene rings is 2. The number of morpholine rings is 2. The van der Waals surface area contributed by atoms with E-state index >= 15 is 0 Å². The molecule has 1 unspecified atom stereocenters. The highest BCUT2D eigenvalue weighted by atomic mass is 16.5. The molecular formula is C28H31N6O4. The number of fused-ring (bicyclic) bond motifs is 1. The lowest BCUT2D eigenvalue weighted by Gasteiger charge is -2.30. The van der Waals surface area contributed by atoms with Crippen LogP contribution in [-0.2, 0) is 14.2 Å². The number of cyclic esters (lactones) is 1. The number of esters is 1. The fraction of sp³-hybridized carbons (Fsp3) is 0.429. The van der Waals surface area contributed by atoms with Gasteiger partial charge in [-0.1, -0.05) is 12.1 Å². The minimum atomic E-state index is -0.266. The summed E-state index contributed by atoms with van der Waals surface area (Å²) in [5.74, 6) is 1.65. The number of hydrogen-bond acceptors (Lipinski definition) is 10. The SMILES string of the molecule is CN(C)CC1OC(=O)c2ccc(-c3c[c]c(-c4nc(N5CCOCC5)nc(N5CCOCC5)n4)cc3)cc21. The largest absolute Gasteiger partial charge is 0.452 e. The van der Waals surface area contributed by atoms with Crippen LogP contribution in [0.1, 0.15) is 22.0 Å². The maximum atomic E-state index is 12.3. The zero-order chi connectivity index (χ0) is 26.1. The Morgan fingerprint density at radius 1 is 0.895 bits per heavy atom. The van der Waals surface area contributed by atoms with Crippen molar-refractivity contribution in [2.75, 3.05) is 83.0 Å². The van der Waals surface area contributed by atoms with Gasteiger partial charge in [0.15, 0.2) is 5.82 Å². The Morgan fingerprint density at radius 2 is 1.53 bits per heavy atom. The standard InChI is InChI=1S/C28H31N6O4/c1-32(2)18-24-23-17-21(7-8-22(23)26(35)38-24)19-3-5-20(6-4-19)25-29-27(33-9-13-36-14-10-33)31-28(30-25)34-11-15-37-16-12-34/h3-5,7-8,17,24H,9-16,18H2,1-2H3. The van der Waals surface area contributed by atoms with Crippen molar-refractivity contribution in [3.63, 3.8) is 0 Å². The lowest BCUT2D eigenvalue weighted by atomic mass is 9.97. The summed E-state index contributed by atoms with van der Waals surface area (Å²) in [6.45, 7) is 6.24. The first-order chi connectivity index (χ1) is 18.5. The van der Waals surface area contributed by atoms with Crippen LogP contribution in [0.5, 0.6) is 0 Å². The van der Waals surface area contributed by atoms with Gasteiger partial charge in [0.1, 0.15) is 6.10 Å². The fourth-order valence-electron chi connectivity index (χ4n) is 4.95. The van der Waals surface area contributed by atoms with E-state index in [4.69, 9.17) is 29.2 Å². The minimum Gasteiger partial charge on any atom is -0.452 e. The summed E-state index contributed by atoms with van der Waals surface area (Å²) in [6, 6.07) is 15.2. The third-order valence-electron chi connectivity index (χ3n) is 6.99. The quantitative estimate of drug-likeness (QED) is 0.456. The molecule has 1 atom stereocenters. The van der Waals surface area contributed by atoms with E-state index < -0.39 is 0 Å². The van der Waals surface area contributed by atoms with Crippen LogP contribution in [-0.4, -0.2) is 99.1 Å². The molecule has 0 N–H and O–H groups in total. The summed E-state index contributed by atoms with van der Waals surface area (Å²) in [5.41, 5.74) is 4.36. The lowest BCUT2D eigenvalue weighted by molar-refractivity contribution is 0.0332. The molecule has 0 saturated carbocycles. The third-order valence-corrected chi connectivity index (χ3v) is 6.99. The average molecular weight is 516 g/mol. The number of carbonyl (C=O) groups is 1. The van der Waals surface area contributed by atoms with Gasteiger partial charge in [0, 0.05) is 43.9 Å². The molecule has 0 amide bonds. The van der Waals surface area contributed by atoms with Crippen molar-refractivity contribution in [1.82, 2.24) is 19.9 Å². The molecule has 2 fully saturated rings. The van der Waals surface area contributed by atoms with Crippen molar-refractivity contribution in [3.05, 3.63) is 53.6 Å². The first kappa shape index (κ1) is 24.7. The molecule has 4 heterocycles. The molecule has 6 rings (SSSR count). The highest BCUT2D eigenvalue weighted by molar-refractivity contribution is 5.95. The minimum absolute atomic E-state index is 0.262. The van der Waals surface area contributed by atoms with Crippen molar-refractivity contribution in [2.45, 2.75) is 6.10 Å². The van der Waals surface area contributed by atoms with E-state index in [1.807, 2.05) is 55.4 Å². The topological polar surface area (TPSA) is 93.2 Å². The van der Waals surface area contributed by atoms with Crippen LogP contribution in [0, 0.1) is 6.07 Å². The molecule has 2 saturated heterocycles. The van der Waals surface area contributed by atoms with Crippen molar-refractivity contribution in [1.29, 1.82) is 0 Å². The predicted octanol–water partition coefficient (Wildman–Crippen LogP) is 2.45. The maximum Gasteiger partial charge on any atom is 0.339 e. The van der Waals surface area contributed by atoms with E-state index in [1.165, 1.54) is 0 Å². The van der Waals surface area contributed by atoms with Gasteiger partial charge < -0.3 is 28.9 Å². The lowest BCUT2D eigenvalue weighted by Crippen LogP contribution is -2.40. The number of aromatic nitrogens is 3.